The van der Waals surface area contributed by atoms with Gasteiger partial charge in [0.1, 0.15) is 4.90 Å². The van der Waals surface area contributed by atoms with Gasteiger partial charge in [0.25, 0.3) is 10.0 Å². The van der Waals surface area contributed by atoms with Crippen molar-refractivity contribution >= 4 is 54.8 Å². The van der Waals surface area contributed by atoms with Gasteiger partial charge in [-0.05, 0) is 46.3 Å². The van der Waals surface area contributed by atoms with Gasteiger partial charge in [0.2, 0.25) is 0 Å². The zero-order valence-corrected chi connectivity index (χ0v) is 14.3. The first-order valence-corrected chi connectivity index (χ1v) is 8.51. The second-order valence-electron chi connectivity index (χ2n) is 4.00. The highest BCUT2D eigenvalue weighted by molar-refractivity contribution is 9.10. The maximum atomic E-state index is 12.6. The van der Waals surface area contributed by atoms with E-state index in [2.05, 4.69) is 15.9 Å². The summed E-state index contributed by atoms with van der Waals surface area (Å²) >= 11 is 15.2. The molecule has 3 nitrogen and oxygen atoms in total. The van der Waals surface area contributed by atoms with Crippen molar-refractivity contribution in [2.24, 2.45) is 0 Å². The van der Waals surface area contributed by atoms with E-state index in [9.17, 15) is 8.42 Å². The van der Waals surface area contributed by atoms with Gasteiger partial charge in [0.15, 0.2) is 0 Å². The Morgan fingerprint density at radius 3 is 2.40 bits per heavy atom. The molecule has 0 saturated heterocycles. The molecule has 0 heterocycles. The number of rotatable bonds is 3. The molecule has 0 aliphatic heterocycles. The van der Waals surface area contributed by atoms with E-state index in [1.54, 1.807) is 30.3 Å². The van der Waals surface area contributed by atoms with E-state index < -0.39 is 10.0 Å². The van der Waals surface area contributed by atoms with Crippen LogP contribution in [0.3, 0.4) is 0 Å². The van der Waals surface area contributed by atoms with Gasteiger partial charge in [-0.15, -0.1) is 0 Å². The predicted octanol–water partition coefficient (Wildman–Crippen LogP) is 4.58. The Balaban J connectivity index is 2.56. The van der Waals surface area contributed by atoms with E-state index in [1.165, 1.54) is 19.2 Å². The summed E-state index contributed by atoms with van der Waals surface area (Å²) in [4.78, 5) is -0.0232. The van der Waals surface area contributed by atoms with E-state index in [0.717, 1.165) is 4.31 Å². The minimum Gasteiger partial charge on any atom is -0.268 e. The van der Waals surface area contributed by atoms with E-state index in [4.69, 9.17) is 23.2 Å². The van der Waals surface area contributed by atoms with E-state index in [1.807, 2.05) is 0 Å². The van der Waals surface area contributed by atoms with Gasteiger partial charge >= 0.3 is 0 Å². The zero-order valence-electron chi connectivity index (χ0n) is 10.3. The van der Waals surface area contributed by atoms with Crippen LogP contribution in [0.25, 0.3) is 0 Å². The summed E-state index contributed by atoms with van der Waals surface area (Å²) in [5.41, 5.74) is 0.517. The number of halogens is 3. The highest BCUT2D eigenvalue weighted by Crippen LogP contribution is 2.32. The second kappa shape index (κ2) is 5.93. The van der Waals surface area contributed by atoms with Crippen molar-refractivity contribution in [3.63, 3.8) is 0 Å². The molecule has 0 atom stereocenters. The van der Waals surface area contributed by atoms with Crippen LogP contribution in [-0.4, -0.2) is 15.5 Å². The number of anilines is 1. The lowest BCUT2D eigenvalue weighted by molar-refractivity contribution is 0.594. The molecule has 0 bridgehead atoms. The summed E-state index contributed by atoms with van der Waals surface area (Å²) in [5, 5.41) is 0.446. The number of hydrogen-bond donors (Lipinski definition) is 0. The lowest BCUT2D eigenvalue weighted by Gasteiger charge is -2.21. The normalized spacial score (nSPS) is 11.4. The van der Waals surface area contributed by atoms with Crippen molar-refractivity contribution in [2.45, 2.75) is 4.90 Å². The molecule has 2 aromatic carbocycles. The first-order valence-electron chi connectivity index (χ1n) is 5.52. The molecule has 0 aromatic heterocycles. The zero-order chi connectivity index (χ0) is 14.9. The lowest BCUT2D eigenvalue weighted by atomic mass is 10.3. The fraction of sp³-hybridized carbons (Fsp3) is 0.0769. The summed E-state index contributed by atoms with van der Waals surface area (Å²) in [5.74, 6) is 0. The van der Waals surface area contributed by atoms with Crippen molar-refractivity contribution in [1.29, 1.82) is 0 Å². The number of hydrogen-bond acceptors (Lipinski definition) is 2. The molecule has 0 unspecified atom stereocenters. The largest absolute Gasteiger partial charge is 0.268 e. The summed E-state index contributed by atoms with van der Waals surface area (Å²) in [6, 6.07) is 11.4. The Morgan fingerprint density at radius 2 is 1.75 bits per heavy atom. The topological polar surface area (TPSA) is 37.4 Å². The molecular formula is C13H10BrCl2NO2S. The van der Waals surface area contributed by atoms with Crippen LogP contribution in [0.4, 0.5) is 5.69 Å². The van der Waals surface area contributed by atoms with Crippen LogP contribution in [0, 0.1) is 0 Å². The fourth-order valence-corrected chi connectivity index (χ4v) is 4.28. The van der Waals surface area contributed by atoms with Crippen molar-refractivity contribution in [3.8, 4) is 0 Å². The molecule has 106 valence electrons. The van der Waals surface area contributed by atoms with E-state index >= 15 is 0 Å². The Morgan fingerprint density at radius 1 is 1.10 bits per heavy atom. The van der Waals surface area contributed by atoms with Crippen LogP contribution in [0.2, 0.25) is 10.0 Å². The minimum absolute atomic E-state index is 0.0232. The van der Waals surface area contributed by atoms with Crippen molar-refractivity contribution in [2.75, 3.05) is 11.4 Å². The van der Waals surface area contributed by atoms with E-state index in [0.29, 0.717) is 15.2 Å². The quantitative estimate of drug-likeness (QED) is 0.763. The fourth-order valence-electron chi connectivity index (χ4n) is 1.66. The number of sulfonamides is 1. The molecule has 0 N–H and O–H groups in total. The number of nitrogens with zero attached hydrogens (tertiary/aromatic N) is 1. The monoisotopic (exact) mass is 393 g/mol. The van der Waals surface area contributed by atoms with Crippen molar-refractivity contribution in [3.05, 3.63) is 57.0 Å². The van der Waals surface area contributed by atoms with E-state index in [-0.39, 0.29) is 9.92 Å². The SMILES string of the molecule is CN(c1ccccc1Br)S(=O)(=O)c1cc(Cl)ccc1Cl. The third-order valence-corrected chi connectivity index (χ3v) is 5.88. The first-order chi connectivity index (χ1) is 9.34. The molecule has 0 amide bonds. The molecule has 20 heavy (non-hydrogen) atoms. The number of para-hydroxylation sites is 1. The average molecular weight is 395 g/mol. The number of benzene rings is 2. The van der Waals surface area contributed by atoms with Gasteiger partial charge in [-0.25, -0.2) is 8.42 Å². The summed E-state index contributed by atoms with van der Waals surface area (Å²) in [6.07, 6.45) is 0. The summed E-state index contributed by atoms with van der Waals surface area (Å²) in [7, 11) is -2.32. The Hall–Kier alpha value is -0.750. The second-order valence-corrected chi connectivity index (χ2v) is 7.63. The first kappa shape index (κ1) is 15.6. The van der Waals surface area contributed by atoms with Gasteiger partial charge in [-0.2, -0.15) is 0 Å². The van der Waals surface area contributed by atoms with Crippen LogP contribution in [0.15, 0.2) is 51.8 Å². The van der Waals surface area contributed by atoms with Gasteiger partial charge in [-0.3, -0.25) is 4.31 Å². The third kappa shape index (κ3) is 2.96. The van der Waals surface area contributed by atoms with Crippen LogP contribution in [0.1, 0.15) is 0 Å². The van der Waals surface area contributed by atoms with Gasteiger partial charge in [0.05, 0.1) is 10.7 Å². The Labute approximate surface area is 136 Å². The smallest absolute Gasteiger partial charge is 0.265 e. The molecule has 0 aliphatic carbocycles. The maximum Gasteiger partial charge on any atom is 0.265 e. The van der Waals surface area contributed by atoms with Crippen LogP contribution in [-0.2, 0) is 10.0 Å². The highest BCUT2D eigenvalue weighted by Gasteiger charge is 2.25. The van der Waals surface area contributed by atoms with Crippen molar-refractivity contribution in [1.82, 2.24) is 0 Å². The van der Waals surface area contributed by atoms with Crippen LogP contribution in [0.5, 0.6) is 0 Å². The van der Waals surface area contributed by atoms with Crippen molar-refractivity contribution < 1.29 is 8.42 Å². The molecule has 0 spiro atoms. The molecule has 0 saturated carbocycles. The van der Waals surface area contributed by atoms with Gasteiger partial charge < -0.3 is 0 Å². The summed E-state index contributed by atoms with van der Waals surface area (Å²) < 4.78 is 27.1. The standard InChI is InChI=1S/C13H10BrCl2NO2S/c1-17(12-5-3-2-4-10(12)14)20(18,19)13-8-9(15)6-7-11(13)16/h2-8H,1H3. The third-order valence-electron chi connectivity index (χ3n) is 2.72. The molecule has 0 radical (unpaired) electrons. The molecule has 0 fully saturated rings. The molecule has 2 rings (SSSR count). The maximum absolute atomic E-state index is 12.6. The van der Waals surface area contributed by atoms with Gasteiger partial charge in [0, 0.05) is 16.5 Å². The summed E-state index contributed by atoms with van der Waals surface area (Å²) in [6.45, 7) is 0. The van der Waals surface area contributed by atoms with Crippen LogP contribution < -0.4 is 4.31 Å². The predicted molar refractivity (Wildman–Crippen MR) is 86.2 cm³/mol. The Kier molecular flexibility index (Phi) is 4.64. The Bertz CT molecular complexity index is 750. The highest BCUT2D eigenvalue weighted by atomic mass is 79.9. The minimum atomic E-state index is -3.78. The van der Waals surface area contributed by atoms with Crippen LogP contribution >= 0.6 is 39.1 Å². The molecule has 0 aliphatic rings. The molecular weight excluding hydrogens is 385 g/mol. The molecule has 2 aromatic rings. The molecule has 7 heteroatoms. The van der Waals surface area contributed by atoms with Gasteiger partial charge in [-0.1, -0.05) is 35.3 Å². The lowest BCUT2D eigenvalue weighted by Crippen LogP contribution is -2.27. The average Bonchev–Trinajstić information content (AvgIpc) is 2.41.